The number of aliphatic hydroxyl groups excluding tert-OH is 2. The largest absolute Gasteiger partial charge is 0.385 e. The van der Waals surface area contributed by atoms with Crippen molar-refractivity contribution in [2.24, 2.45) is 0 Å². The highest BCUT2D eigenvalue weighted by molar-refractivity contribution is 6.28. The molecule has 0 heterocycles. The summed E-state index contributed by atoms with van der Waals surface area (Å²) in [6, 6.07) is 12.3. The molecular weight excluding hydrogens is 224 g/mol. The minimum absolute atomic E-state index is 0.804. The monoisotopic (exact) mass is 234 g/mol. The van der Waals surface area contributed by atoms with Gasteiger partial charge in [-0.25, -0.2) is 0 Å². The molecule has 2 N–H and O–H groups in total. The molecule has 0 amide bonds. The van der Waals surface area contributed by atoms with Crippen molar-refractivity contribution in [3.05, 3.63) is 47.5 Å². The molecule has 0 aromatic heterocycles. The Morgan fingerprint density at radius 2 is 1.67 bits per heavy atom. The van der Waals surface area contributed by atoms with Crippen molar-refractivity contribution >= 4 is 32.3 Å². The number of fused-ring (bicyclic) bond motifs is 1. The average Bonchev–Trinajstić information content (AvgIpc) is 2.44. The van der Waals surface area contributed by atoms with E-state index in [-0.39, 0.29) is 0 Å². The Morgan fingerprint density at radius 1 is 0.778 bits per heavy atom. The van der Waals surface area contributed by atoms with Crippen LogP contribution in [0.5, 0.6) is 0 Å². The predicted molar refractivity (Wildman–Crippen MR) is 71.3 cm³/mol. The van der Waals surface area contributed by atoms with E-state index in [0.29, 0.717) is 0 Å². The van der Waals surface area contributed by atoms with Crippen molar-refractivity contribution in [2.45, 2.75) is 12.2 Å². The molecule has 86 valence electrons. The third-order valence-corrected chi connectivity index (χ3v) is 4.42. The molecule has 1 aliphatic rings. The van der Waals surface area contributed by atoms with E-state index in [9.17, 15) is 10.2 Å². The third-order valence-electron chi connectivity index (χ3n) is 4.42. The summed E-state index contributed by atoms with van der Waals surface area (Å²) >= 11 is 0. The lowest BCUT2D eigenvalue weighted by molar-refractivity contribution is 0.0186. The fourth-order valence-electron chi connectivity index (χ4n) is 3.68. The van der Waals surface area contributed by atoms with Crippen molar-refractivity contribution in [3.8, 4) is 0 Å². The van der Waals surface area contributed by atoms with Gasteiger partial charge in [-0.3, -0.25) is 0 Å². The van der Waals surface area contributed by atoms with Crippen molar-refractivity contribution in [1.29, 1.82) is 0 Å². The SMILES string of the molecule is O[C@@H]1c2c3ccc4cc3c3cccc(c3c24)[C@H]1O. The summed E-state index contributed by atoms with van der Waals surface area (Å²) in [5, 5.41) is 27.5. The Hall–Kier alpha value is -1.90. The third kappa shape index (κ3) is 0.742. The van der Waals surface area contributed by atoms with Gasteiger partial charge in [0.15, 0.2) is 0 Å². The topological polar surface area (TPSA) is 40.5 Å². The van der Waals surface area contributed by atoms with Crippen LogP contribution in [0.4, 0.5) is 0 Å². The van der Waals surface area contributed by atoms with Crippen LogP contribution in [-0.4, -0.2) is 10.2 Å². The summed E-state index contributed by atoms with van der Waals surface area (Å²) in [4.78, 5) is 0. The van der Waals surface area contributed by atoms with E-state index >= 15 is 0 Å². The van der Waals surface area contributed by atoms with Gasteiger partial charge in [0, 0.05) is 0 Å². The molecular formula is C16H10O2. The van der Waals surface area contributed by atoms with Gasteiger partial charge in [-0.15, -0.1) is 0 Å². The molecule has 1 aliphatic carbocycles. The predicted octanol–water partition coefficient (Wildman–Crippen LogP) is 3.10. The van der Waals surface area contributed by atoms with Gasteiger partial charge in [0.2, 0.25) is 0 Å². The minimum Gasteiger partial charge on any atom is -0.385 e. The Bertz CT molecular complexity index is 909. The summed E-state index contributed by atoms with van der Waals surface area (Å²) in [6.45, 7) is 0. The normalized spacial score (nSPS) is 23.0. The molecule has 0 saturated heterocycles. The smallest absolute Gasteiger partial charge is 0.110 e. The second-order valence-corrected chi connectivity index (χ2v) is 5.21. The fourth-order valence-corrected chi connectivity index (χ4v) is 3.68. The van der Waals surface area contributed by atoms with Gasteiger partial charge in [0.1, 0.15) is 12.2 Å². The molecule has 6 bridgehead atoms. The number of benzene rings is 6. The lowest BCUT2D eigenvalue weighted by Gasteiger charge is -2.32. The Kier molecular flexibility index (Phi) is 1.30. The van der Waals surface area contributed by atoms with Crippen molar-refractivity contribution in [1.82, 2.24) is 0 Å². The first-order chi connectivity index (χ1) is 8.77. The number of aliphatic hydroxyl groups is 2. The summed E-state index contributed by atoms with van der Waals surface area (Å²) < 4.78 is 0. The summed E-state index contributed by atoms with van der Waals surface area (Å²) in [5.74, 6) is 0. The fraction of sp³-hybridized carbons (Fsp3) is 0.125. The first-order valence-electron chi connectivity index (χ1n) is 6.16. The highest BCUT2D eigenvalue weighted by atomic mass is 16.3. The van der Waals surface area contributed by atoms with Crippen LogP contribution in [0, 0.1) is 0 Å². The molecule has 2 nitrogen and oxygen atoms in total. The summed E-state index contributed by atoms with van der Waals surface area (Å²) in [5.41, 5.74) is 1.78. The molecule has 0 aliphatic heterocycles. The first kappa shape index (κ1) is 9.09. The zero-order valence-corrected chi connectivity index (χ0v) is 9.51. The molecule has 0 spiro atoms. The number of hydrogen-bond acceptors (Lipinski definition) is 2. The summed E-state index contributed by atoms with van der Waals surface area (Å²) in [6.07, 6.45) is -1.61. The molecule has 0 unspecified atom stereocenters. The Morgan fingerprint density at radius 3 is 2.56 bits per heavy atom. The molecule has 6 aromatic rings. The van der Waals surface area contributed by atoms with Gasteiger partial charge in [0.05, 0.1) is 0 Å². The van der Waals surface area contributed by atoms with Gasteiger partial charge >= 0.3 is 0 Å². The van der Waals surface area contributed by atoms with E-state index in [1.165, 1.54) is 16.2 Å². The Balaban J connectivity index is 2.27. The van der Waals surface area contributed by atoms with Crippen LogP contribution in [0.2, 0.25) is 0 Å². The maximum Gasteiger partial charge on any atom is 0.110 e. The quantitative estimate of drug-likeness (QED) is 0.459. The van der Waals surface area contributed by atoms with Crippen LogP contribution in [0.15, 0.2) is 36.4 Å². The molecule has 0 fully saturated rings. The van der Waals surface area contributed by atoms with Gasteiger partial charge in [-0.05, 0) is 49.5 Å². The minimum atomic E-state index is -0.805. The number of hydrogen-bond donors (Lipinski definition) is 2. The highest BCUT2D eigenvalue weighted by Crippen LogP contribution is 2.52. The van der Waals surface area contributed by atoms with E-state index in [1.54, 1.807) is 0 Å². The van der Waals surface area contributed by atoms with Crippen LogP contribution in [0.3, 0.4) is 0 Å². The lowest BCUT2D eigenvalue weighted by atomic mass is 9.76. The maximum atomic E-state index is 10.4. The molecule has 6 aromatic carbocycles. The van der Waals surface area contributed by atoms with Gasteiger partial charge in [-0.2, -0.15) is 0 Å². The maximum absolute atomic E-state index is 10.4. The van der Waals surface area contributed by atoms with Crippen LogP contribution in [0.25, 0.3) is 32.3 Å². The van der Waals surface area contributed by atoms with Gasteiger partial charge in [-0.1, -0.05) is 30.3 Å². The van der Waals surface area contributed by atoms with Crippen LogP contribution < -0.4 is 0 Å². The van der Waals surface area contributed by atoms with E-state index in [2.05, 4.69) is 24.3 Å². The van der Waals surface area contributed by atoms with E-state index in [0.717, 1.165) is 27.3 Å². The van der Waals surface area contributed by atoms with Crippen LogP contribution >= 0.6 is 0 Å². The van der Waals surface area contributed by atoms with Gasteiger partial charge < -0.3 is 10.2 Å². The molecule has 2 heteroatoms. The Labute approximate surface area is 103 Å². The first-order valence-corrected chi connectivity index (χ1v) is 6.16. The van der Waals surface area contributed by atoms with Gasteiger partial charge in [0.25, 0.3) is 0 Å². The summed E-state index contributed by atoms with van der Waals surface area (Å²) in [7, 11) is 0. The van der Waals surface area contributed by atoms with Crippen molar-refractivity contribution < 1.29 is 10.2 Å². The van der Waals surface area contributed by atoms with E-state index in [1.807, 2.05) is 12.1 Å². The molecule has 2 atom stereocenters. The van der Waals surface area contributed by atoms with E-state index in [4.69, 9.17) is 0 Å². The molecule has 0 saturated carbocycles. The average molecular weight is 234 g/mol. The molecule has 18 heavy (non-hydrogen) atoms. The van der Waals surface area contributed by atoms with Crippen LogP contribution in [0.1, 0.15) is 23.3 Å². The molecule has 0 radical (unpaired) electrons. The lowest BCUT2D eigenvalue weighted by Crippen LogP contribution is -2.17. The standard InChI is InChI=1S/C16H10O2/c17-15-10-3-1-2-8-11-6-7-4-5-9(11)14(16(15)18)12(7)13(8)10/h1-6,15-18H/t15-,16-/m1/s1. The highest BCUT2D eigenvalue weighted by Gasteiger charge is 2.33. The second kappa shape index (κ2) is 2.58. The zero-order chi connectivity index (χ0) is 12.0. The number of rotatable bonds is 0. The van der Waals surface area contributed by atoms with E-state index < -0.39 is 12.2 Å². The second-order valence-electron chi connectivity index (χ2n) is 5.21. The zero-order valence-electron chi connectivity index (χ0n) is 9.51. The van der Waals surface area contributed by atoms with Crippen molar-refractivity contribution in [3.63, 3.8) is 0 Å². The van der Waals surface area contributed by atoms with Crippen molar-refractivity contribution in [2.75, 3.05) is 0 Å². The van der Waals surface area contributed by atoms with Crippen LogP contribution in [-0.2, 0) is 0 Å². The molecule has 7 rings (SSSR count).